The fraction of sp³-hybridized carbons (Fsp3) is 0.786. The van der Waals surface area contributed by atoms with Crippen molar-refractivity contribution in [1.82, 2.24) is 20.4 Å². The first kappa shape index (κ1) is 16.2. The Labute approximate surface area is 130 Å². The van der Waals surface area contributed by atoms with Crippen LogP contribution in [0.2, 0.25) is 0 Å². The van der Waals surface area contributed by atoms with Crippen LogP contribution in [0.15, 0.2) is 0 Å². The predicted molar refractivity (Wildman–Crippen MR) is 85.7 cm³/mol. The molecule has 2 rings (SSSR count). The van der Waals surface area contributed by atoms with Crippen LogP contribution in [0.5, 0.6) is 0 Å². The van der Waals surface area contributed by atoms with Crippen molar-refractivity contribution in [3.63, 3.8) is 0 Å². The van der Waals surface area contributed by atoms with Gasteiger partial charge in [0.25, 0.3) is 0 Å². The first-order chi connectivity index (χ1) is 9.87. The van der Waals surface area contributed by atoms with Crippen molar-refractivity contribution in [2.75, 3.05) is 25.0 Å². The molecule has 0 saturated carbocycles. The first-order valence-electron chi connectivity index (χ1n) is 7.47. The van der Waals surface area contributed by atoms with E-state index in [1.165, 1.54) is 24.2 Å². The van der Waals surface area contributed by atoms with Crippen LogP contribution in [0.25, 0.3) is 0 Å². The van der Waals surface area contributed by atoms with E-state index in [1.807, 2.05) is 6.92 Å². The van der Waals surface area contributed by atoms with Crippen molar-refractivity contribution in [2.45, 2.75) is 46.1 Å². The summed E-state index contributed by atoms with van der Waals surface area (Å²) in [6.07, 6.45) is 2.54. The lowest BCUT2D eigenvalue weighted by Crippen LogP contribution is -2.55. The minimum Gasteiger partial charge on any atom is -0.336 e. The van der Waals surface area contributed by atoms with E-state index in [9.17, 15) is 4.79 Å². The third-order valence-corrected chi connectivity index (χ3v) is 4.70. The van der Waals surface area contributed by atoms with Crippen LogP contribution in [0, 0.1) is 12.8 Å². The van der Waals surface area contributed by atoms with Gasteiger partial charge in [-0.15, -0.1) is 10.2 Å². The van der Waals surface area contributed by atoms with Gasteiger partial charge in [-0.1, -0.05) is 18.3 Å². The van der Waals surface area contributed by atoms with Crippen LogP contribution in [-0.4, -0.2) is 46.3 Å². The number of amides is 2. The fourth-order valence-corrected chi connectivity index (χ4v) is 3.22. The second-order valence-corrected chi connectivity index (χ2v) is 7.62. The van der Waals surface area contributed by atoms with Crippen molar-refractivity contribution in [3.05, 3.63) is 5.01 Å². The molecule has 0 spiro atoms. The van der Waals surface area contributed by atoms with E-state index < -0.39 is 0 Å². The maximum Gasteiger partial charge on any atom is 0.321 e. The van der Waals surface area contributed by atoms with Gasteiger partial charge >= 0.3 is 6.03 Å². The number of aromatic nitrogens is 2. The third-order valence-electron chi connectivity index (χ3n) is 3.94. The van der Waals surface area contributed by atoms with E-state index in [-0.39, 0.29) is 11.6 Å². The number of aryl methyl sites for hydroxylation is 1. The Bertz CT molecular complexity index is 487. The number of piperidine rings is 1. The summed E-state index contributed by atoms with van der Waals surface area (Å²) in [5.41, 5.74) is -0.0386. The van der Waals surface area contributed by atoms with E-state index in [4.69, 9.17) is 0 Å². The summed E-state index contributed by atoms with van der Waals surface area (Å²) in [6, 6.07) is -0.218. The number of carbonyl (C=O) groups excluding carboxylic acids is 1. The minimum atomic E-state index is -0.218. The molecule has 0 aromatic carbocycles. The summed E-state index contributed by atoms with van der Waals surface area (Å²) >= 11 is 1.37. The van der Waals surface area contributed by atoms with Gasteiger partial charge in [0.2, 0.25) is 5.13 Å². The summed E-state index contributed by atoms with van der Waals surface area (Å²) in [5, 5.41) is 14.8. The van der Waals surface area contributed by atoms with E-state index in [0.717, 1.165) is 24.0 Å². The van der Waals surface area contributed by atoms with Gasteiger partial charge in [0.1, 0.15) is 5.01 Å². The molecule has 0 radical (unpaired) electrons. The molecule has 1 aliphatic heterocycles. The molecule has 2 heterocycles. The molecule has 6 nitrogen and oxygen atoms in total. The van der Waals surface area contributed by atoms with Crippen LogP contribution in [-0.2, 0) is 0 Å². The van der Waals surface area contributed by atoms with Crippen molar-refractivity contribution in [3.8, 4) is 0 Å². The van der Waals surface area contributed by atoms with E-state index >= 15 is 0 Å². The number of rotatable bonds is 4. The molecule has 1 aromatic rings. The van der Waals surface area contributed by atoms with Crippen molar-refractivity contribution in [1.29, 1.82) is 0 Å². The maximum atomic E-state index is 11.9. The Hall–Kier alpha value is -1.21. The summed E-state index contributed by atoms with van der Waals surface area (Å²) in [5.74, 6) is 0.733. The normalized spacial score (nSPS) is 20.3. The second-order valence-electron chi connectivity index (χ2n) is 6.44. The van der Waals surface area contributed by atoms with Gasteiger partial charge in [-0.05, 0) is 46.1 Å². The van der Waals surface area contributed by atoms with Gasteiger partial charge in [0.05, 0.1) is 0 Å². The Morgan fingerprint density at radius 3 is 2.86 bits per heavy atom. The zero-order valence-electron chi connectivity index (χ0n) is 13.3. The van der Waals surface area contributed by atoms with Crippen LogP contribution in [0.4, 0.5) is 9.93 Å². The quantitative estimate of drug-likeness (QED) is 0.896. The van der Waals surface area contributed by atoms with Crippen LogP contribution >= 0.6 is 11.3 Å². The zero-order chi connectivity index (χ0) is 15.5. The second kappa shape index (κ2) is 6.70. The lowest BCUT2D eigenvalue weighted by molar-refractivity contribution is 0.0728. The standard InChI is InChI=1S/C14H25N5OS/c1-10-6-5-7-19(8-10)14(3,4)9-15-12(20)16-13-18-17-11(2)21-13/h10H,5-9H2,1-4H3,(H2,15,16,18,20)/t10-/m0/s1. The molecule has 1 aliphatic rings. The summed E-state index contributed by atoms with van der Waals surface area (Å²) in [7, 11) is 0. The number of carbonyl (C=O) groups is 1. The molecule has 0 bridgehead atoms. The van der Waals surface area contributed by atoms with Gasteiger partial charge < -0.3 is 5.32 Å². The van der Waals surface area contributed by atoms with Crippen LogP contribution in [0.3, 0.4) is 0 Å². The number of hydrogen-bond donors (Lipinski definition) is 2. The van der Waals surface area contributed by atoms with Crippen molar-refractivity contribution in [2.24, 2.45) is 5.92 Å². The smallest absolute Gasteiger partial charge is 0.321 e. The molecule has 7 heteroatoms. The van der Waals surface area contributed by atoms with Gasteiger partial charge in [-0.25, -0.2) is 4.79 Å². The number of anilines is 1. The zero-order valence-corrected chi connectivity index (χ0v) is 14.1. The Morgan fingerprint density at radius 1 is 1.48 bits per heavy atom. The predicted octanol–water partition coefficient (Wildman–Crippen LogP) is 2.48. The molecule has 0 unspecified atom stereocenters. The van der Waals surface area contributed by atoms with Crippen molar-refractivity contribution < 1.29 is 4.79 Å². The number of nitrogens with zero attached hydrogens (tertiary/aromatic N) is 3. The highest BCUT2D eigenvalue weighted by molar-refractivity contribution is 7.15. The minimum absolute atomic E-state index is 0.0386. The van der Waals surface area contributed by atoms with E-state index in [0.29, 0.717) is 11.7 Å². The molecule has 1 saturated heterocycles. The highest BCUT2D eigenvalue weighted by Gasteiger charge is 2.30. The van der Waals surface area contributed by atoms with Crippen molar-refractivity contribution >= 4 is 22.5 Å². The first-order valence-corrected chi connectivity index (χ1v) is 8.28. The topological polar surface area (TPSA) is 70.1 Å². The summed E-state index contributed by atoms with van der Waals surface area (Å²) in [6.45, 7) is 11.3. The Kier molecular flexibility index (Phi) is 5.16. The molecule has 0 aliphatic carbocycles. The largest absolute Gasteiger partial charge is 0.336 e. The maximum absolute atomic E-state index is 11.9. The van der Waals surface area contributed by atoms with E-state index in [2.05, 4.69) is 46.5 Å². The summed E-state index contributed by atoms with van der Waals surface area (Å²) < 4.78 is 0. The average Bonchev–Trinajstić information content (AvgIpc) is 2.82. The average molecular weight is 311 g/mol. The van der Waals surface area contributed by atoms with Gasteiger partial charge in [-0.3, -0.25) is 10.2 Å². The monoisotopic (exact) mass is 311 g/mol. The number of hydrogen-bond acceptors (Lipinski definition) is 5. The van der Waals surface area contributed by atoms with Crippen LogP contribution < -0.4 is 10.6 Å². The molecule has 1 atom stereocenters. The fourth-order valence-electron chi connectivity index (χ4n) is 2.64. The number of nitrogens with one attached hydrogen (secondary N) is 2. The molecule has 1 aromatic heterocycles. The highest BCUT2D eigenvalue weighted by atomic mass is 32.1. The molecule has 1 fully saturated rings. The van der Waals surface area contributed by atoms with Crippen LogP contribution in [0.1, 0.15) is 38.6 Å². The van der Waals surface area contributed by atoms with Gasteiger partial charge in [0.15, 0.2) is 0 Å². The SMILES string of the molecule is Cc1nnc(NC(=O)NCC(C)(C)N2CCC[C@H](C)C2)s1. The number of urea groups is 1. The lowest BCUT2D eigenvalue weighted by Gasteiger charge is -2.43. The molecule has 118 valence electrons. The summed E-state index contributed by atoms with van der Waals surface area (Å²) in [4.78, 5) is 14.4. The molecular formula is C14H25N5OS. The van der Waals surface area contributed by atoms with Gasteiger partial charge in [-0.2, -0.15) is 0 Å². The molecular weight excluding hydrogens is 286 g/mol. The Morgan fingerprint density at radius 2 is 2.24 bits per heavy atom. The molecule has 21 heavy (non-hydrogen) atoms. The Balaban J connectivity index is 1.81. The lowest BCUT2D eigenvalue weighted by atomic mass is 9.93. The molecule has 2 amide bonds. The third kappa shape index (κ3) is 4.64. The molecule has 2 N–H and O–H groups in total. The van der Waals surface area contributed by atoms with Gasteiger partial charge in [0, 0.05) is 18.6 Å². The van der Waals surface area contributed by atoms with E-state index in [1.54, 1.807) is 0 Å². The number of likely N-dealkylation sites (tertiary alicyclic amines) is 1. The highest BCUT2D eigenvalue weighted by Crippen LogP contribution is 2.23.